The van der Waals surface area contributed by atoms with Crippen molar-refractivity contribution in [1.82, 2.24) is 15.5 Å². The van der Waals surface area contributed by atoms with E-state index in [2.05, 4.69) is 22.8 Å². The van der Waals surface area contributed by atoms with Gasteiger partial charge < -0.3 is 10.6 Å². The maximum Gasteiger partial charge on any atom is 0.315 e. The van der Waals surface area contributed by atoms with Crippen LogP contribution in [-0.4, -0.2) is 35.8 Å². The van der Waals surface area contributed by atoms with Gasteiger partial charge in [0.1, 0.15) is 0 Å². The number of nitrogens with one attached hydrogen (secondary N) is 2. The molecule has 2 N–H and O–H groups in total. The van der Waals surface area contributed by atoms with Gasteiger partial charge in [-0.05, 0) is 54.4 Å². The molecule has 7 heteroatoms. The molecule has 1 aliphatic heterocycles. The van der Waals surface area contributed by atoms with Gasteiger partial charge in [-0.2, -0.15) is 0 Å². The van der Waals surface area contributed by atoms with Crippen molar-refractivity contribution in [2.24, 2.45) is 23.7 Å². The van der Waals surface area contributed by atoms with Crippen molar-refractivity contribution in [3.63, 3.8) is 0 Å². The number of aryl methyl sites for hydroxylation is 1. The second-order valence-electron chi connectivity index (χ2n) is 8.16. The molecule has 4 aliphatic rings. The number of likely N-dealkylation sites (tertiary alicyclic amines) is 1. The molecule has 4 unspecified atom stereocenters. The predicted octanol–water partition coefficient (Wildman–Crippen LogP) is 2.43. The number of urea groups is 1. The Morgan fingerprint density at radius 2 is 1.86 bits per heavy atom. The molecule has 5 atom stereocenters. The van der Waals surface area contributed by atoms with Gasteiger partial charge in [-0.3, -0.25) is 14.5 Å². The molecule has 1 aromatic carbocycles. The number of imide groups is 1. The normalized spacial score (nSPS) is 32.0. The maximum absolute atomic E-state index is 12.6. The van der Waals surface area contributed by atoms with E-state index in [0.717, 1.165) is 24.8 Å². The first-order valence-corrected chi connectivity index (χ1v) is 10.3. The summed E-state index contributed by atoms with van der Waals surface area (Å²) in [6, 6.07) is 5.41. The first-order chi connectivity index (χ1) is 13.5. The highest BCUT2D eigenvalue weighted by Gasteiger charge is 2.58. The SMILES string of the molecule is O=C(NCCN1C(=O)C2C3C=CC(C3)C2C1=O)N[C@@H]1CCc2cc(Cl)ccc21. The Labute approximate surface area is 168 Å². The van der Waals surface area contributed by atoms with Crippen molar-refractivity contribution in [3.05, 3.63) is 46.5 Å². The number of hydrogen-bond acceptors (Lipinski definition) is 3. The smallest absolute Gasteiger partial charge is 0.315 e. The van der Waals surface area contributed by atoms with Crippen LogP contribution in [0.5, 0.6) is 0 Å². The minimum atomic E-state index is -0.283. The lowest BCUT2D eigenvalue weighted by molar-refractivity contribution is -0.140. The second-order valence-corrected chi connectivity index (χ2v) is 8.60. The van der Waals surface area contributed by atoms with E-state index in [4.69, 9.17) is 11.6 Å². The zero-order valence-electron chi connectivity index (χ0n) is 15.4. The Hall–Kier alpha value is -2.34. The van der Waals surface area contributed by atoms with E-state index in [1.807, 2.05) is 18.2 Å². The van der Waals surface area contributed by atoms with Gasteiger partial charge >= 0.3 is 6.03 Å². The molecule has 6 nitrogen and oxygen atoms in total. The maximum atomic E-state index is 12.6. The minimum Gasteiger partial charge on any atom is -0.336 e. The van der Waals surface area contributed by atoms with Gasteiger partial charge in [-0.15, -0.1) is 0 Å². The zero-order valence-corrected chi connectivity index (χ0v) is 16.1. The average Bonchev–Trinajstić information content (AvgIpc) is 3.42. The summed E-state index contributed by atoms with van der Waals surface area (Å²) in [6.07, 6.45) is 6.81. The van der Waals surface area contributed by atoms with Gasteiger partial charge in [0.25, 0.3) is 0 Å². The molecule has 2 fully saturated rings. The molecular formula is C21H22ClN3O3. The van der Waals surface area contributed by atoms with E-state index in [0.29, 0.717) is 5.02 Å². The number of allylic oxidation sites excluding steroid dienone is 2. The molecule has 1 aromatic rings. The van der Waals surface area contributed by atoms with Crippen LogP contribution in [0, 0.1) is 23.7 Å². The summed E-state index contributed by atoms with van der Waals surface area (Å²) < 4.78 is 0. The quantitative estimate of drug-likeness (QED) is 0.603. The van der Waals surface area contributed by atoms with Gasteiger partial charge in [0.05, 0.1) is 17.9 Å². The van der Waals surface area contributed by atoms with E-state index < -0.39 is 0 Å². The monoisotopic (exact) mass is 399 g/mol. The topological polar surface area (TPSA) is 78.5 Å². The number of benzene rings is 1. The molecule has 5 rings (SSSR count). The Morgan fingerprint density at radius 3 is 2.57 bits per heavy atom. The molecule has 4 amide bonds. The summed E-state index contributed by atoms with van der Waals surface area (Å²) in [4.78, 5) is 38.9. The highest BCUT2D eigenvalue weighted by Crippen LogP contribution is 2.52. The summed E-state index contributed by atoms with van der Waals surface area (Å²) in [5, 5.41) is 6.47. The van der Waals surface area contributed by atoms with E-state index in [1.54, 1.807) is 0 Å². The molecule has 0 aromatic heterocycles. The summed E-state index contributed by atoms with van der Waals surface area (Å²) in [6.45, 7) is 0.486. The number of carbonyl (C=O) groups excluding carboxylic acids is 3. The van der Waals surface area contributed by atoms with Crippen LogP contribution in [0.1, 0.15) is 30.0 Å². The first kappa shape index (κ1) is 17.7. The minimum absolute atomic E-state index is 0.0385. The highest BCUT2D eigenvalue weighted by molar-refractivity contribution is 6.30. The average molecular weight is 400 g/mol. The van der Waals surface area contributed by atoms with Crippen LogP contribution in [-0.2, 0) is 16.0 Å². The molecule has 28 heavy (non-hydrogen) atoms. The van der Waals surface area contributed by atoms with Crippen LogP contribution in [0.25, 0.3) is 0 Å². The summed E-state index contributed by atoms with van der Waals surface area (Å²) >= 11 is 6.02. The number of carbonyl (C=O) groups is 3. The van der Waals surface area contributed by atoms with Crippen LogP contribution in [0.2, 0.25) is 5.02 Å². The third-order valence-corrected chi connectivity index (χ3v) is 6.91. The molecule has 1 saturated heterocycles. The Balaban J connectivity index is 1.14. The van der Waals surface area contributed by atoms with Gasteiger partial charge in [0.2, 0.25) is 11.8 Å². The van der Waals surface area contributed by atoms with Crippen LogP contribution in [0.4, 0.5) is 4.79 Å². The molecule has 1 heterocycles. The number of halogens is 1. The Bertz CT molecular complexity index is 869. The lowest BCUT2D eigenvalue weighted by atomic mass is 9.85. The van der Waals surface area contributed by atoms with E-state index >= 15 is 0 Å². The number of nitrogens with zero attached hydrogens (tertiary/aromatic N) is 1. The van der Waals surface area contributed by atoms with Gasteiger partial charge in [0.15, 0.2) is 0 Å². The van der Waals surface area contributed by atoms with Crippen molar-refractivity contribution >= 4 is 29.4 Å². The van der Waals surface area contributed by atoms with E-state index in [9.17, 15) is 14.4 Å². The first-order valence-electron chi connectivity index (χ1n) is 9.89. The van der Waals surface area contributed by atoms with Gasteiger partial charge in [0, 0.05) is 18.1 Å². The molecule has 2 bridgehead atoms. The number of fused-ring (bicyclic) bond motifs is 6. The lowest BCUT2D eigenvalue weighted by Gasteiger charge is -2.19. The van der Waals surface area contributed by atoms with E-state index in [1.165, 1.54) is 10.5 Å². The molecule has 1 saturated carbocycles. The number of rotatable bonds is 4. The third-order valence-electron chi connectivity index (χ3n) is 6.67. The fraction of sp³-hybridized carbons (Fsp3) is 0.476. The predicted molar refractivity (Wildman–Crippen MR) is 103 cm³/mol. The highest BCUT2D eigenvalue weighted by atomic mass is 35.5. The Kier molecular flexibility index (Phi) is 4.19. The van der Waals surface area contributed by atoms with Crippen molar-refractivity contribution in [1.29, 1.82) is 0 Å². The van der Waals surface area contributed by atoms with Gasteiger partial charge in [-0.1, -0.05) is 29.8 Å². The van der Waals surface area contributed by atoms with E-state index in [-0.39, 0.29) is 60.6 Å². The van der Waals surface area contributed by atoms with Crippen LogP contribution >= 0.6 is 11.6 Å². The van der Waals surface area contributed by atoms with Crippen molar-refractivity contribution in [2.75, 3.05) is 13.1 Å². The number of amides is 4. The molecular weight excluding hydrogens is 378 g/mol. The van der Waals surface area contributed by atoms with Crippen molar-refractivity contribution in [3.8, 4) is 0 Å². The van der Waals surface area contributed by atoms with Crippen LogP contribution in [0.3, 0.4) is 0 Å². The Morgan fingerprint density at radius 1 is 1.14 bits per heavy atom. The molecule has 3 aliphatic carbocycles. The standard InChI is InChI=1S/C21H22ClN3O3/c22-14-4-5-15-11(10-14)3-6-16(15)24-21(28)23-7-8-25-19(26)17-12-1-2-13(9-12)18(17)20(25)27/h1-2,4-5,10,12-13,16-18H,3,6-9H2,(H2,23,24,28)/t12?,13?,16-,17?,18?/m1/s1. The fourth-order valence-electron chi connectivity index (χ4n) is 5.41. The van der Waals surface area contributed by atoms with Crippen molar-refractivity contribution < 1.29 is 14.4 Å². The van der Waals surface area contributed by atoms with Gasteiger partial charge in [-0.25, -0.2) is 4.79 Å². The summed E-state index contributed by atoms with van der Waals surface area (Å²) in [5.74, 6) is -0.0881. The van der Waals surface area contributed by atoms with Crippen LogP contribution < -0.4 is 10.6 Å². The number of hydrogen-bond donors (Lipinski definition) is 2. The second kappa shape index (κ2) is 6.62. The van der Waals surface area contributed by atoms with Crippen molar-refractivity contribution in [2.45, 2.75) is 25.3 Å². The molecule has 0 radical (unpaired) electrons. The fourth-order valence-corrected chi connectivity index (χ4v) is 5.61. The zero-order chi connectivity index (χ0) is 19.4. The molecule has 0 spiro atoms. The largest absolute Gasteiger partial charge is 0.336 e. The lowest BCUT2D eigenvalue weighted by Crippen LogP contribution is -2.43. The van der Waals surface area contributed by atoms with Crippen LogP contribution in [0.15, 0.2) is 30.4 Å². The third kappa shape index (κ3) is 2.73. The summed E-state index contributed by atoms with van der Waals surface area (Å²) in [5.41, 5.74) is 2.26. The summed E-state index contributed by atoms with van der Waals surface area (Å²) in [7, 11) is 0. The molecule has 146 valence electrons.